The number of hydrogen-bond donors (Lipinski definition) is 1. The van der Waals surface area contributed by atoms with Crippen molar-refractivity contribution in [3.05, 3.63) is 89.2 Å². The lowest BCUT2D eigenvalue weighted by atomic mass is 10.1. The van der Waals surface area contributed by atoms with Crippen LogP contribution in [-0.2, 0) is 14.8 Å². The summed E-state index contributed by atoms with van der Waals surface area (Å²) in [5.41, 5.74) is 1.72. The highest BCUT2D eigenvalue weighted by Gasteiger charge is 2.35. The van der Waals surface area contributed by atoms with E-state index in [-0.39, 0.29) is 17.2 Å². The first-order chi connectivity index (χ1) is 17.3. The monoisotopic (exact) mass is 554 g/mol. The number of nitrogens with one attached hydrogen (secondary N) is 1. The maximum absolute atomic E-state index is 13.3. The van der Waals surface area contributed by atoms with Gasteiger partial charge in [0, 0.05) is 11.3 Å². The highest BCUT2D eigenvalue weighted by Crippen LogP contribution is 2.42. The van der Waals surface area contributed by atoms with Crippen molar-refractivity contribution in [1.29, 1.82) is 0 Å². The minimum absolute atomic E-state index is 0.0144. The van der Waals surface area contributed by atoms with Crippen LogP contribution in [-0.4, -0.2) is 32.3 Å². The summed E-state index contributed by atoms with van der Waals surface area (Å²) in [6.45, 7) is 1.65. The average molecular weight is 555 g/mol. The molecule has 1 saturated heterocycles. The predicted molar refractivity (Wildman–Crippen MR) is 128 cm³/mol. The standard InChI is InChI=1S/C24H18F4N2O5S2/c1-14-12-16(22(32)29-37(33,34)19-9-7-18(8-10-19)35-24(26,27)28)4-11-20(14)30-21(31)13-36-23(30)15-2-5-17(25)6-3-15/h2-12,23H,13H2,1H3,(H,29,32). The third-order valence-electron chi connectivity index (χ3n) is 5.34. The molecule has 1 aliphatic rings. The molecule has 0 aromatic heterocycles. The van der Waals surface area contributed by atoms with Gasteiger partial charge in [-0.2, -0.15) is 0 Å². The summed E-state index contributed by atoms with van der Waals surface area (Å²) in [6, 6.07) is 13.4. The number of nitrogens with zero attached hydrogens (tertiary/aromatic N) is 1. The third kappa shape index (κ3) is 6.05. The molecule has 37 heavy (non-hydrogen) atoms. The van der Waals surface area contributed by atoms with E-state index in [1.807, 2.05) is 4.72 Å². The molecule has 1 N–H and O–H groups in total. The highest BCUT2D eigenvalue weighted by atomic mass is 32.2. The molecule has 13 heteroatoms. The molecular weight excluding hydrogens is 536 g/mol. The Morgan fingerprint density at radius 2 is 1.70 bits per heavy atom. The topological polar surface area (TPSA) is 92.8 Å². The molecule has 194 valence electrons. The molecule has 1 aliphatic heterocycles. The number of anilines is 1. The summed E-state index contributed by atoms with van der Waals surface area (Å²) in [7, 11) is -4.40. The smallest absolute Gasteiger partial charge is 0.406 e. The number of alkyl halides is 3. The van der Waals surface area contributed by atoms with Crippen LogP contribution in [0.2, 0.25) is 0 Å². The van der Waals surface area contributed by atoms with Crippen LogP contribution in [0.1, 0.15) is 26.9 Å². The Labute approximate surface area is 213 Å². The van der Waals surface area contributed by atoms with Crippen LogP contribution in [0.15, 0.2) is 71.6 Å². The summed E-state index contributed by atoms with van der Waals surface area (Å²) >= 11 is 1.36. The van der Waals surface area contributed by atoms with Crippen LogP contribution in [0.5, 0.6) is 5.75 Å². The van der Waals surface area contributed by atoms with E-state index in [1.54, 1.807) is 19.1 Å². The molecule has 3 aromatic rings. The van der Waals surface area contributed by atoms with Crippen molar-refractivity contribution < 1.29 is 40.3 Å². The summed E-state index contributed by atoms with van der Waals surface area (Å²) in [5.74, 6) is -1.97. The van der Waals surface area contributed by atoms with E-state index < -0.39 is 44.1 Å². The van der Waals surface area contributed by atoms with E-state index >= 15 is 0 Å². The lowest BCUT2D eigenvalue weighted by Gasteiger charge is -2.26. The van der Waals surface area contributed by atoms with Crippen LogP contribution in [0.25, 0.3) is 0 Å². The molecule has 4 rings (SSSR count). The maximum atomic E-state index is 13.3. The van der Waals surface area contributed by atoms with Crippen molar-refractivity contribution in [1.82, 2.24) is 4.72 Å². The number of aryl methyl sites for hydroxylation is 1. The summed E-state index contributed by atoms with van der Waals surface area (Å²) in [4.78, 5) is 26.4. The van der Waals surface area contributed by atoms with Crippen LogP contribution < -0.4 is 14.4 Å². The van der Waals surface area contributed by atoms with Gasteiger partial charge in [-0.25, -0.2) is 17.5 Å². The van der Waals surface area contributed by atoms with Crippen molar-refractivity contribution >= 4 is 39.3 Å². The molecular formula is C24H18F4N2O5S2. The Morgan fingerprint density at radius 3 is 2.30 bits per heavy atom. The molecule has 0 saturated carbocycles. The molecule has 7 nitrogen and oxygen atoms in total. The van der Waals surface area contributed by atoms with Gasteiger partial charge in [-0.15, -0.1) is 24.9 Å². The molecule has 0 spiro atoms. The van der Waals surface area contributed by atoms with E-state index in [1.165, 1.54) is 47.0 Å². The first-order valence-corrected chi connectivity index (χ1v) is 13.1. The number of amides is 2. The fraction of sp³-hybridized carbons (Fsp3) is 0.167. The summed E-state index contributed by atoms with van der Waals surface area (Å²) < 4.78 is 81.0. The number of benzene rings is 3. The number of halogens is 4. The predicted octanol–water partition coefficient (Wildman–Crippen LogP) is 4.93. The number of hydrogen-bond acceptors (Lipinski definition) is 6. The van der Waals surface area contributed by atoms with Crippen LogP contribution in [0, 0.1) is 12.7 Å². The number of thioether (sulfide) groups is 1. The van der Waals surface area contributed by atoms with Gasteiger partial charge in [0.25, 0.3) is 15.9 Å². The number of ether oxygens (including phenoxy) is 1. The molecule has 3 aromatic carbocycles. The zero-order chi connectivity index (χ0) is 27.0. The third-order valence-corrected chi connectivity index (χ3v) is 7.90. The van der Waals surface area contributed by atoms with Gasteiger partial charge in [-0.05, 0) is 72.6 Å². The highest BCUT2D eigenvalue weighted by molar-refractivity contribution is 8.00. The van der Waals surface area contributed by atoms with E-state index in [0.29, 0.717) is 11.3 Å². The molecule has 1 atom stereocenters. The normalized spacial score (nSPS) is 16.1. The van der Waals surface area contributed by atoms with Gasteiger partial charge in [-0.1, -0.05) is 12.1 Å². The average Bonchev–Trinajstić information content (AvgIpc) is 3.19. The molecule has 0 radical (unpaired) electrons. The van der Waals surface area contributed by atoms with Gasteiger partial charge in [-0.3, -0.25) is 14.5 Å². The second-order valence-electron chi connectivity index (χ2n) is 7.93. The fourth-order valence-corrected chi connectivity index (χ4v) is 5.83. The zero-order valence-electron chi connectivity index (χ0n) is 19.0. The summed E-state index contributed by atoms with van der Waals surface area (Å²) in [5, 5.41) is -0.406. The molecule has 1 unspecified atom stereocenters. The van der Waals surface area contributed by atoms with Crippen molar-refractivity contribution in [2.75, 3.05) is 10.7 Å². The Kier molecular flexibility index (Phi) is 7.20. The van der Waals surface area contributed by atoms with Crippen molar-refractivity contribution in [3.8, 4) is 5.75 Å². The minimum Gasteiger partial charge on any atom is -0.406 e. The molecule has 1 heterocycles. The molecule has 0 aliphatic carbocycles. The lowest BCUT2D eigenvalue weighted by molar-refractivity contribution is -0.274. The molecule has 1 fully saturated rings. The van der Waals surface area contributed by atoms with Gasteiger partial charge >= 0.3 is 6.36 Å². The van der Waals surface area contributed by atoms with Crippen LogP contribution in [0.4, 0.5) is 23.2 Å². The first kappa shape index (κ1) is 26.5. The quantitative estimate of drug-likeness (QED) is 0.435. The Balaban J connectivity index is 1.52. The Bertz CT molecular complexity index is 1440. The Hall–Kier alpha value is -3.58. The van der Waals surface area contributed by atoms with E-state index in [2.05, 4.69) is 4.74 Å². The van der Waals surface area contributed by atoms with Crippen molar-refractivity contribution in [2.24, 2.45) is 0 Å². The van der Waals surface area contributed by atoms with E-state index in [9.17, 15) is 35.6 Å². The van der Waals surface area contributed by atoms with E-state index in [4.69, 9.17) is 0 Å². The van der Waals surface area contributed by atoms with Gasteiger partial charge in [0.1, 0.15) is 16.9 Å². The van der Waals surface area contributed by atoms with Crippen LogP contribution >= 0.6 is 11.8 Å². The minimum atomic E-state index is -4.93. The lowest BCUT2D eigenvalue weighted by Crippen LogP contribution is -2.31. The number of carbonyl (C=O) groups is 2. The first-order valence-electron chi connectivity index (χ1n) is 10.6. The van der Waals surface area contributed by atoms with Crippen LogP contribution in [0.3, 0.4) is 0 Å². The number of carbonyl (C=O) groups excluding carboxylic acids is 2. The van der Waals surface area contributed by atoms with Gasteiger partial charge in [0.2, 0.25) is 5.91 Å². The Morgan fingerprint density at radius 1 is 1.05 bits per heavy atom. The van der Waals surface area contributed by atoms with Gasteiger partial charge < -0.3 is 4.74 Å². The van der Waals surface area contributed by atoms with Gasteiger partial charge in [0.05, 0.1) is 10.6 Å². The zero-order valence-corrected chi connectivity index (χ0v) is 20.6. The maximum Gasteiger partial charge on any atom is 0.573 e. The van der Waals surface area contributed by atoms with Crippen molar-refractivity contribution in [2.45, 2.75) is 23.6 Å². The molecule has 0 bridgehead atoms. The second kappa shape index (κ2) is 10.1. The number of rotatable bonds is 6. The molecule has 2 amide bonds. The number of sulfonamides is 1. The largest absolute Gasteiger partial charge is 0.573 e. The second-order valence-corrected chi connectivity index (χ2v) is 10.7. The van der Waals surface area contributed by atoms with Crippen molar-refractivity contribution in [3.63, 3.8) is 0 Å². The van der Waals surface area contributed by atoms with E-state index in [0.717, 1.165) is 29.8 Å². The fourth-order valence-electron chi connectivity index (χ4n) is 3.69. The van der Waals surface area contributed by atoms with Gasteiger partial charge in [0.15, 0.2) is 0 Å². The SMILES string of the molecule is Cc1cc(C(=O)NS(=O)(=O)c2ccc(OC(F)(F)F)cc2)ccc1N1C(=O)CSC1c1ccc(F)cc1. The summed E-state index contributed by atoms with van der Waals surface area (Å²) in [6.07, 6.45) is -4.93.